The number of carbonyl (C=O) groups is 1. The lowest BCUT2D eigenvalue weighted by molar-refractivity contribution is -0.199. The molecule has 3 saturated carbocycles. The second-order valence-corrected chi connectivity index (χ2v) is 8.58. The molecule has 142 valence electrons. The molecule has 1 amide bonds. The molecule has 2 bridgehead atoms. The molecule has 0 aromatic heterocycles. The van der Waals surface area contributed by atoms with E-state index in [2.05, 4.69) is 26.1 Å². The van der Waals surface area contributed by atoms with Crippen molar-refractivity contribution in [2.24, 2.45) is 17.3 Å². The van der Waals surface area contributed by atoms with Gasteiger partial charge in [0.15, 0.2) is 0 Å². The molecule has 1 saturated heterocycles. The van der Waals surface area contributed by atoms with E-state index in [0.717, 1.165) is 12.0 Å². The molecule has 3 aliphatic carbocycles. The van der Waals surface area contributed by atoms with Crippen LogP contribution >= 0.6 is 12.4 Å². The maximum Gasteiger partial charge on any atom is 0.482 e. The summed E-state index contributed by atoms with van der Waals surface area (Å²) in [7, 11) is -0.540. The molecule has 0 radical (unpaired) electrons. The Labute approximate surface area is 161 Å². The summed E-state index contributed by atoms with van der Waals surface area (Å²) in [5, 5.41) is 11.9. The van der Waals surface area contributed by atoms with Gasteiger partial charge in [-0.05, 0) is 49.0 Å². The van der Waals surface area contributed by atoms with Gasteiger partial charge in [-0.3, -0.25) is 0 Å². The third kappa shape index (κ3) is 3.02. The fourth-order valence-corrected chi connectivity index (χ4v) is 5.31. The van der Waals surface area contributed by atoms with Gasteiger partial charge in [-0.25, -0.2) is 4.79 Å². The minimum atomic E-state index is -1.04. The summed E-state index contributed by atoms with van der Waals surface area (Å²) < 4.78 is 12.7. The summed E-state index contributed by atoms with van der Waals surface area (Å²) in [4.78, 5) is 11.3. The molecule has 0 spiro atoms. The van der Waals surface area contributed by atoms with Crippen LogP contribution < -0.4 is 5.32 Å². The largest absolute Gasteiger partial charge is 0.482 e. The van der Waals surface area contributed by atoms with E-state index in [4.69, 9.17) is 9.31 Å². The monoisotopic (exact) mass is 379 g/mol. The molecular formula is C19H27BClNO4. The Morgan fingerprint density at radius 1 is 1.31 bits per heavy atom. The highest BCUT2D eigenvalue weighted by Crippen LogP contribution is 2.65. The van der Waals surface area contributed by atoms with E-state index in [9.17, 15) is 9.90 Å². The number of halogens is 1. The van der Waals surface area contributed by atoms with Gasteiger partial charge in [-0.2, -0.15) is 0 Å². The van der Waals surface area contributed by atoms with Crippen LogP contribution in [0.4, 0.5) is 4.79 Å². The molecule has 1 heterocycles. The van der Waals surface area contributed by atoms with Crippen molar-refractivity contribution in [3.05, 3.63) is 35.9 Å². The first kappa shape index (κ1) is 19.5. The van der Waals surface area contributed by atoms with Crippen LogP contribution in [0.25, 0.3) is 0 Å². The molecule has 1 aliphatic heterocycles. The molecule has 4 aliphatic rings. The minimum absolute atomic E-state index is 0. The average Bonchev–Trinajstić information content (AvgIpc) is 2.91. The predicted molar refractivity (Wildman–Crippen MR) is 102 cm³/mol. The van der Waals surface area contributed by atoms with Gasteiger partial charge in [0, 0.05) is 0 Å². The average molecular weight is 380 g/mol. The van der Waals surface area contributed by atoms with Crippen molar-refractivity contribution < 1.29 is 19.2 Å². The Morgan fingerprint density at radius 3 is 2.62 bits per heavy atom. The number of carboxylic acid groups (broad SMARTS) is 1. The zero-order valence-electron chi connectivity index (χ0n) is 15.5. The van der Waals surface area contributed by atoms with Crippen LogP contribution in [-0.4, -0.2) is 36.0 Å². The SMILES string of the molecule is CC1(C)[C@@H]2C[C@H]3OB(C(Cc4ccccc4)NC(=O)O)O[C@@]3(C)[C@H]1C2.Cl. The zero-order chi connectivity index (χ0) is 17.8. The van der Waals surface area contributed by atoms with Gasteiger partial charge in [-0.15, -0.1) is 12.4 Å². The van der Waals surface area contributed by atoms with Crippen LogP contribution in [0.3, 0.4) is 0 Å². The molecule has 5 rings (SSSR count). The van der Waals surface area contributed by atoms with Crippen molar-refractivity contribution in [2.75, 3.05) is 0 Å². The lowest BCUT2D eigenvalue weighted by atomic mass is 9.43. The van der Waals surface area contributed by atoms with Crippen molar-refractivity contribution >= 4 is 25.6 Å². The fourth-order valence-electron chi connectivity index (χ4n) is 5.31. The number of hydrogen-bond acceptors (Lipinski definition) is 3. The number of rotatable bonds is 4. The second-order valence-electron chi connectivity index (χ2n) is 8.58. The molecule has 4 fully saturated rings. The maximum atomic E-state index is 11.3. The molecule has 5 nitrogen and oxygen atoms in total. The van der Waals surface area contributed by atoms with E-state index >= 15 is 0 Å². The van der Waals surface area contributed by atoms with E-state index in [1.165, 1.54) is 6.42 Å². The lowest BCUT2D eigenvalue weighted by Gasteiger charge is -2.64. The van der Waals surface area contributed by atoms with Crippen LogP contribution in [0.15, 0.2) is 30.3 Å². The zero-order valence-corrected chi connectivity index (χ0v) is 16.3. The Hall–Kier alpha value is -1.24. The van der Waals surface area contributed by atoms with Crippen LogP contribution in [0.5, 0.6) is 0 Å². The van der Waals surface area contributed by atoms with E-state index in [1.54, 1.807) is 0 Å². The van der Waals surface area contributed by atoms with E-state index in [1.807, 2.05) is 30.3 Å². The molecular weight excluding hydrogens is 352 g/mol. The first-order chi connectivity index (χ1) is 11.8. The van der Waals surface area contributed by atoms with E-state index in [-0.39, 0.29) is 29.5 Å². The smallest absolute Gasteiger partial charge is 0.465 e. The second kappa shape index (κ2) is 6.73. The lowest BCUT2D eigenvalue weighted by Crippen LogP contribution is -2.65. The van der Waals surface area contributed by atoms with E-state index in [0.29, 0.717) is 18.3 Å². The predicted octanol–water partition coefficient (Wildman–Crippen LogP) is 3.55. The Bertz CT molecular complexity index is 673. The van der Waals surface area contributed by atoms with Gasteiger partial charge in [-0.1, -0.05) is 44.2 Å². The molecule has 7 heteroatoms. The quantitative estimate of drug-likeness (QED) is 0.785. The molecule has 2 N–H and O–H groups in total. The van der Waals surface area contributed by atoms with Crippen LogP contribution in [-0.2, 0) is 15.7 Å². The van der Waals surface area contributed by atoms with Crippen molar-refractivity contribution in [3.63, 3.8) is 0 Å². The van der Waals surface area contributed by atoms with Crippen molar-refractivity contribution in [2.45, 2.75) is 57.7 Å². The van der Waals surface area contributed by atoms with Crippen LogP contribution in [0.2, 0.25) is 0 Å². The third-order valence-corrected chi connectivity index (χ3v) is 6.90. The van der Waals surface area contributed by atoms with Crippen molar-refractivity contribution in [1.29, 1.82) is 0 Å². The molecule has 5 atom stereocenters. The Morgan fingerprint density at radius 2 is 2.00 bits per heavy atom. The van der Waals surface area contributed by atoms with Crippen molar-refractivity contribution in [1.82, 2.24) is 5.32 Å². The topological polar surface area (TPSA) is 67.8 Å². The fraction of sp³-hybridized carbons (Fsp3) is 0.632. The normalized spacial score (nSPS) is 34.9. The van der Waals surface area contributed by atoms with Crippen LogP contribution in [0, 0.1) is 17.3 Å². The molecule has 1 aromatic rings. The van der Waals surface area contributed by atoms with Gasteiger partial charge in [0.25, 0.3) is 0 Å². The standard InChI is InChI=1S/C19H26BNO4.ClH/c1-18(2)13-10-14(18)19(3)15(11-13)24-20(25-19)16(21-17(22)23)9-12-7-5-4-6-8-12;/h4-8,13-16,21H,9-11H2,1-3H3,(H,22,23);1H/t13-,14-,15+,16?,19-;/m0./s1. The number of hydrogen-bond donors (Lipinski definition) is 2. The summed E-state index contributed by atoms with van der Waals surface area (Å²) in [5.74, 6) is 0.733. The van der Waals surface area contributed by atoms with Gasteiger partial charge in [0.2, 0.25) is 0 Å². The number of nitrogens with one attached hydrogen (secondary N) is 1. The highest BCUT2D eigenvalue weighted by Gasteiger charge is 2.68. The van der Waals surface area contributed by atoms with Gasteiger partial charge in [0.05, 0.1) is 17.6 Å². The summed E-state index contributed by atoms with van der Waals surface area (Å²) >= 11 is 0. The van der Waals surface area contributed by atoms with Gasteiger partial charge < -0.3 is 19.7 Å². The van der Waals surface area contributed by atoms with Crippen molar-refractivity contribution in [3.8, 4) is 0 Å². The third-order valence-electron chi connectivity index (χ3n) is 6.90. The summed E-state index contributed by atoms with van der Waals surface area (Å²) in [6.45, 7) is 6.79. The Kier molecular flexibility index (Phi) is 5.06. The number of amides is 1. The molecule has 1 unspecified atom stereocenters. The first-order valence-corrected chi connectivity index (χ1v) is 9.17. The van der Waals surface area contributed by atoms with Gasteiger partial charge >= 0.3 is 13.2 Å². The maximum absolute atomic E-state index is 11.3. The van der Waals surface area contributed by atoms with E-state index < -0.39 is 19.2 Å². The minimum Gasteiger partial charge on any atom is -0.465 e. The summed E-state index contributed by atoms with van der Waals surface area (Å²) in [6, 6.07) is 9.88. The number of benzene rings is 1. The highest BCUT2D eigenvalue weighted by molar-refractivity contribution is 6.47. The van der Waals surface area contributed by atoms with Gasteiger partial charge in [0.1, 0.15) is 0 Å². The molecule has 26 heavy (non-hydrogen) atoms. The highest BCUT2D eigenvalue weighted by atomic mass is 35.5. The summed E-state index contributed by atoms with van der Waals surface area (Å²) in [5.41, 5.74) is 1.02. The molecule has 1 aromatic carbocycles. The summed E-state index contributed by atoms with van der Waals surface area (Å²) in [6.07, 6.45) is 1.76. The Balaban J connectivity index is 0.00000196. The van der Waals surface area contributed by atoms with Crippen LogP contribution in [0.1, 0.15) is 39.2 Å². The first-order valence-electron chi connectivity index (χ1n) is 9.17.